The first-order chi connectivity index (χ1) is 8.72. The Balaban J connectivity index is 2.17. The van der Waals surface area contributed by atoms with Crippen LogP contribution in [-0.2, 0) is 0 Å². The molecule has 1 atom stereocenters. The van der Waals surface area contributed by atoms with Crippen molar-refractivity contribution in [1.29, 1.82) is 0 Å². The molecule has 0 aliphatic carbocycles. The van der Waals surface area contributed by atoms with Crippen molar-refractivity contribution in [3.63, 3.8) is 0 Å². The maximum Gasteiger partial charge on any atom is 0.165 e. The minimum Gasteiger partial charge on any atom is -0.368 e. The van der Waals surface area contributed by atoms with E-state index in [9.17, 15) is 4.39 Å². The molecule has 1 aliphatic heterocycles. The van der Waals surface area contributed by atoms with E-state index in [2.05, 4.69) is 17.1 Å². The van der Waals surface area contributed by atoms with Gasteiger partial charge >= 0.3 is 0 Å². The predicted octanol–water partition coefficient (Wildman–Crippen LogP) is 3.45. The number of halogens is 2. The highest BCUT2D eigenvalue weighted by molar-refractivity contribution is 6.31. The summed E-state index contributed by atoms with van der Waals surface area (Å²) < 4.78 is 14.0. The van der Waals surface area contributed by atoms with E-state index in [0.717, 1.165) is 38.9 Å². The number of nitrogens with zero attached hydrogens (tertiary/aromatic N) is 1. The predicted molar refractivity (Wildman–Crippen MR) is 74.9 cm³/mol. The molecule has 0 saturated carbocycles. The largest absolute Gasteiger partial charge is 0.368 e. The van der Waals surface area contributed by atoms with E-state index in [1.807, 2.05) is 12.1 Å². The molecular weight excluding hydrogens is 251 g/mol. The number of anilines is 1. The van der Waals surface area contributed by atoms with Crippen molar-refractivity contribution in [2.45, 2.75) is 32.2 Å². The lowest BCUT2D eigenvalue weighted by Crippen LogP contribution is -2.37. The minimum atomic E-state index is -0.295. The molecule has 4 heteroatoms. The molecule has 100 valence electrons. The van der Waals surface area contributed by atoms with Gasteiger partial charge in [-0.2, -0.15) is 0 Å². The second-order valence-electron chi connectivity index (χ2n) is 4.81. The molecule has 1 heterocycles. The molecule has 1 fully saturated rings. The molecule has 2 rings (SSSR count). The van der Waals surface area contributed by atoms with Crippen molar-refractivity contribution < 1.29 is 4.39 Å². The fraction of sp³-hybridized carbons (Fsp3) is 0.571. The highest BCUT2D eigenvalue weighted by Crippen LogP contribution is 2.26. The van der Waals surface area contributed by atoms with Crippen LogP contribution >= 0.6 is 11.6 Å². The number of benzene rings is 1. The maximum atomic E-state index is 14.0. The summed E-state index contributed by atoms with van der Waals surface area (Å²) in [6.07, 6.45) is 3.30. The summed E-state index contributed by atoms with van der Waals surface area (Å²) in [6, 6.07) is 5.67. The average Bonchev–Trinajstić information content (AvgIpc) is 2.59. The second-order valence-corrected chi connectivity index (χ2v) is 5.22. The van der Waals surface area contributed by atoms with Crippen molar-refractivity contribution in [3.05, 3.63) is 29.0 Å². The van der Waals surface area contributed by atoms with E-state index in [4.69, 9.17) is 11.6 Å². The third kappa shape index (κ3) is 3.15. The van der Waals surface area contributed by atoms with Crippen molar-refractivity contribution in [3.8, 4) is 0 Å². The average molecular weight is 271 g/mol. The van der Waals surface area contributed by atoms with E-state index >= 15 is 0 Å². The lowest BCUT2D eigenvalue weighted by atomic mass is 10.1. The van der Waals surface area contributed by atoms with Crippen LogP contribution in [-0.4, -0.2) is 25.7 Å². The number of hydrogen-bond donors (Lipinski definition) is 1. The van der Waals surface area contributed by atoms with Crippen LogP contribution in [0.4, 0.5) is 10.1 Å². The molecule has 2 nitrogen and oxygen atoms in total. The Bertz CT molecular complexity index is 397. The highest BCUT2D eigenvalue weighted by atomic mass is 35.5. The molecule has 0 radical (unpaired) electrons. The first-order valence-corrected chi connectivity index (χ1v) is 7.02. The van der Waals surface area contributed by atoms with Crippen LogP contribution in [0, 0.1) is 5.82 Å². The number of nitrogens with one attached hydrogen (secondary N) is 1. The lowest BCUT2D eigenvalue weighted by molar-refractivity contribution is 0.500. The zero-order chi connectivity index (χ0) is 13.0. The molecule has 0 bridgehead atoms. The number of rotatable bonds is 3. The molecule has 1 N–H and O–H groups in total. The second kappa shape index (κ2) is 6.39. The van der Waals surface area contributed by atoms with Crippen LogP contribution in [0.25, 0.3) is 0 Å². The Hall–Kier alpha value is -0.800. The molecule has 18 heavy (non-hydrogen) atoms. The summed E-state index contributed by atoms with van der Waals surface area (Å²) in [7, 11) is 0. The van der Waals surface area contributed by atoms with Gasteiger partial charge in [0.1, 0.15) is 0 Å². The van der Waals surface area contributed by atoms with E-state index < -0.39 is 0 Å². The third-order valence-electron chi connectivity index (χ3n) is 3.39. The van der Waals surface area contributed by atoms with Gasteiger partial charge < -0.3 is 10.2 Å². The van der Waals surface area contributed by atoms with Crippen LogP contribution in [0.15, 0.2) is 18.2 Å². The van der Waals surface area contributed by atoms with Gasteiger partial charge in [-0.25, -0.2) is 4.39 Å². The van der Waals surface area contributed by atoms with Crippen molar-refractivity contribution in [2.24, 2.45) is 0 Å². The van der Waals surface area contributed by atoms with Gasteiger partial charge in [-0.3, -0.25) is 0 Å². The quantitative estimate of drug-likeness (QED) is 0.905. The Kier molecular flexibility index (Phi) is 4.84. The standard InChI is InChI=1S/C14H20ClFN2/c1-2-5-11-10-18(9-4-8-17-11)13-7-3-6-12(15)14(13)16/h3,6-7,11,17H,2,4-5,8-10H2,1H3. The fourth-order valence-electron chi connectivity index (χ4n) is 2.50. The van der Waals surface area contributed by atoms with Gasteiger partial charge in [-0.15, -0.1) is 0 Å². The van der Waals surface area contributed by atoms with Crippen LogP contribution in [0.2, 0.25) is 5.02 Å². The number of hydrogen-bond acceptors (Lipinski definition) is 2. The Morgan fingerprint density at radius 3 is 3.11 bits per heavy atom. The lowest BCUT2D eigenvalue weighted by Gasteiger charge is -2.27. The molecule has 0 aromatic heterocycles. The fourth-order valence-corrected chi connectivity index (χ4v) is 2.66. The molecular formula is C14H20ClFN2. The van der Waals surface area contributed by atoms with Crippen LogP contribution in [0.5, 0.6) is 0 Å². The molecule has 1 unspecified atom stereocenters. The van der Waals surface area contributed by atoms with Crippen LogP contribution < -0.4 is 10.2 Å². The molecule has 1 saturated heterocycles. The van der Waals surface area contributed by atoms with Crippen molar-refractivity contribution in [2.75, 3.05) is 24.5 Å². The molecule has 0 amide bonds. The minimum absolute atomic E-state index is 0.205. The van der Waals surface area contributed by atoms with Crippen LogP contribution in [0.1, 0.15) is 26.2 Å². The SMILES string of the molecule is CCCC1CN(c2cccc(Cl)c2F)CCCN1. The maximum absolute atomic E-state index is 14.0. The van der Waals surface area contributed by atoms with Gasteiger partial charge in [0.05, 0.1) is 10.7 Å². The summed E-state index contributed by atoms with van der Waals surface area (Å²) >= 11 is 5.85. The monoisotopic (exact) mass is 270 g/mol. The van der Waals surface area contributed by atoms with E-state index in [1.165, 1.54) is 0 Å². The third-order valence-corrected chi connectivity index (χ3v) is 3.68. The summed E-state index contributed by atoms with van der Waals surface area (Å²) in [5.41, 5.74) is 0.632. The van der Waals surface area contributed by atoms with Gasteiger partial charge in [0.2, 0.25) is 0 Å². The normalized spacial score (nSPS) is 20.8. The van der Waals surface area contributed by atoms with Gasteiger partial charge in [0.15, 0.2) is 5.82 Å². The van der Waals surface area contributed by atoms with E-state index in [1.54, 1.807) is 6.07 Å². The Morgan fingerprint density at radius 2 is 2.33 bits per heavy atom. The first kappa shape index (κ1) is 13.6. The molecule has 1 aromatic rings. The highest BCUT2D eigenvalue weighted by Gasteiger charge is 2.20. The van der Waals surface area contributed by atoms with Gasteiger partial charge in [-0.05, 0) is 31.5 Å². The first-order valence-electron chi connectivity index (χ1n) is 6.64. The zero-order valence-corrected chi connectivity index (χ0v) is 11.5. The van der Waals surface area contributed by atoms with Crippen molar-refractivity contribution >= 4 is 17.3 Å². The van der Waals surface area contributed by atoms with Gasteiger partial charge in [-0.1, -0.05) is 31.0 Å². The summed E-state index contributed by atoms with van der Waals surface area (Å²) in [6.45, 7) is 4.91. The molecule has 0 spiro atoms. The van der Waals surface area contributed by atoms with Gasteiger partial charge in [0.25, 0.3) is 0 Å². The van der Waals surface area contributed by atoms with Gasteiger partial charge in [0, 0.05) is 19.1 Å². The summed E-state index contributed by atoms with van der Waals surface area (Å²) in [5.74, 6) is -0.295. The Labute approximate surface area is 113 Å². The van der Waals surface area contributed by atoms with E-state index in [0.29, 0.717) is 11.7 Å². The van der Waals surface area contributed by atoms with E-state index in [-0.39, 0.29) is 10.8 Å². The molecule has 1 aliphatic rings. The topological polar surface area (TPSA) is 15.3 Å². The Morgan fingerprint density at radius 1 is 1.50 bits per heavy atom. The smallest absolute Gasteiger partial charge is 0.165 e. The molecule has 1 aromatic carbocycles. The van der Waals surface area contributed by atoms with Crippen molar-refractivity contribution in [1.82, 2.24) is 5.32 Å². The summed E-state index contributed by atoms with van der Waals surface area (Å²) in [4.78, 5) is 2.11. The van der Waals surface area contributed by atoms with Crippen LogP contribution in [0.3, 0.4) is 0 Å². The summed E-state index contributed by atoms with van der Waals surface area (Å²) in [5, 5.41) is 3.72. The zero-order valence-electron chi connectivity index (χ0n) is 10.8.